The molecule has 0 radical (unpaired) electrons. The van der Waals surface area contributed by atoms with E-state index in [0.29, 0.717) is 6.42 Å². The average Bonchev–Trinajstić information content (AvgIpc) is 2.73. The highest BCUT2D eigenvalue weighted by Crippen LogP contribution is 1.99. The lowest BCUT2D eigenvalue weighted by molar-refractivity contribution is 0.0693. The molecule has 0 fully saturated rings. The highest BCUT2D eigenvalue weighted by molar-refractivity contribution is 5.86. The molecule has 100 valence electrons. The Bertz CT molecular complexity index is 725. The maximum atomic E-state index is 11.5. The van der Waals surface area contributed by atoms with E-state index in [1.54, 1.807) is 24.1 Å². The van der Waals surface area contributed by atoms with Gasteiger partial charge in [0.1, 0.15) is 5.56 Å². The number of rotatable bonds is 4. The molecule has 0 unspecified atom stereocenters. The van der Waals surface area contributed by atoms with Crippen LogP contribution in [0.15, 0.2) is 28.2 Å². The number of aromatic carboxylic acids is 1. The fourth-order valence-electron chi connectivity index (χ4n) is 1.68. The molecule has 0 aliphatic carbocycles. The van der Waals surface area contributed by atoms with Crippen molar-refractivity contribution in [1.29, 1.82) is 0 Å². The molecular formula is C11H12N4O4. The zero-order valence-corrected chi connectivity index (χ0v) is 10.2. The first-order chi connectivity index (χ1) is 8.97. The van der Waals surface area contributed by atoms with Crippen LogP contribution in [0.1, 0.15) is 15.9 Å². The second kappa shape index (κ2) is 4.92. The van der Waals surface area contributed by atoms with Crippen molar-refractivity contribution >= 4 is 5.97 Å². The summed E-state index contributed by atoms with van der Waals surface area (Å²) < 4.78 is 2.80. The van der Waals surface area contributed by atoms with Crippen molar-refractivity contribution in [1.82, 2.24) is 19.3 Å². The number of carbonyl (C=O) groups is 1. The molecule has 2 N–H and O–H groups in total. The Balaban J connectivity index is 2.25. The van der Waals surface area contributed by atoms with Crippen molar-refractivity contribution in [3.63, 3.8) is 0 Å². The predicted molar refractivity (Wildman–Crippen MR) is 65.2 cm³/mol. The number of carboxylic acid groups (broad SMARTS) is 1. The summed E-state index contributed by atoms with van der Waals surface area (Å²) in [5.74, 6) is -1.36. The Kier molecular flexibility index (Phi) is 3.32. The molecule has 0 spiro atoms. The van der Waals surface area contributed by atoms with E-state index in [-0.39, 0.29) is 6.54 Å². The number of H-pyrrole nitrogens is 1. The number of aromatic amines is 1. The number of carboxylic acids is 1. The highest BCUT2D eigenvalue weighted by Gasteiger charge is 2.11. The van der Waals surface area contributed by atoms with Gasteiger partial charge < -0.3 is 5.11 Å². The molecule has 0 bridgehead atoms. The lowest BCUT2D eigenvalue weighted by atomic mass is 10.2. The van der Waals surface area contributed by atoms with Gasteiger partial charge in [-0.3, -0.25) is 19.0 Å². The number of aromatic nitrogens is 4. The monoisotopic (exact) mass is 264 g/mol. The van der Waals surface area contributed by atoms with Crippen molar-refractivity contribution in [2.45, 2.75) is 13.0 Å². The fraction of sp³-hybridized carbons (Fsp3) is 0.273. The third kappa shape index (κ3) is 2.79. The lowest BCUT2D eigenvalue weighted by Crippen LogP contribution is -2.33. The van der Waals surface area contributed by atoms with E-state index in [4.69, 9.17) is 5.11 Å². The Morgan fingerprint density at radius 1 is 1.42 bits per heavy atom. The Labute approximate surface area is 106 Å². The van der Waals surface area contributed by atoms with Gasteiger partial charge in [-0.2, -0.15) is 5.10 Å². The van der Waals surface area contributed by atoms with Crippen LogP contribution in [-0.4, -0.2) is 30.4 Å². The van der Waals surface area contributed by atoms with E-state index in [2.05, 4.69) is 5.10 Å². The van der Waals surface area contributed by atoms with Crippen molar-refractivity contribution in [3.8, 4) is 0 Å². The zero-order chi connectivity index (χ0) is 14.0. The van der Waals surface area contributed by atoms with Crippen LogP contribution in [0.2, 0.25) is 0 Å². The van der Waals surface area contributed by atoms with Crippen LogP contribution in [0.25, 0.3) is 0 Å². The van der Waals surface area contributed by atoms with Crippen LogP contribution >= 0.6 is 0 Å². The van der Waals surface area contributed by atoms with Crippen LogP contribution in [0.4, 0.5) is 0 Å². The molecule has 2 aromatic heterocycles. The largest absolute Gasteiger partial charge is 0.477 e. The number of nitrogens with one attached hydrogen (secondary N) is 1. The molecule has 0 aromatic carbocycles. The number of hydrogen-bond donors (Lipinski definition) is 2. The summed E-state index contributed by atoms with van der Waals surface area (Å²) in [4.78, 5) is 35.6. The van der Waals surface area contributed by atoms with Gasteiger partial charge >= 0.3 is 11.7 Å². The number of hydrogen-bond acceptors (Lipinski definition) is 4. The molecule has 0 atom stereocenters. The zero-order valence-electron chi connectivity index (χ0n) is 10.2. The molecule has 0 aliphatic heterocycles. The molecule has 2 aromatic rings. The minimum Gasteiger partial charge on any atom is -0.477 e. The second-order valence-corrected chi connectivity index (χ2v) is 4.07. The minimum atomic E-state index is -1.36. The topological polar surface area (TPSA) is 110 Å². The Hall–Kier alpha value is -2.64. The van der Waals surface area contributed by atoms with Gasteiger partial charge in [-0.15, -0.1) is 0 Å². The van der Waals surface area contributed by atoms with E-state index in [1.807, 2.05) is 4.98 Å². The molecule has 0 amide bonds. The molecule has 0 aliphatic rings. The second-order valence-electron chi connectivity index (χ2n) is 4.07. The summed E-state index contributed by atoms with van der Waals surface area (Å²) in [6, 6.07) is 0. The SMILES string of the molecule is Cn1cc(CCn2cc(C(=O)O)c(=O)[nH]c2=O)cn1. The van der Waals surface area contributed by atoms with E-state index < -0.39 is 22.8 Å². The summed E-state index contributed by atoms with van der Waals surface area (Å²) in [5, 5.41) is 12.8. The maximum Gasteiger partial charge on any atom is 0.342 e. The number of nitrogens with zero attached hydrogens (tertiary/aromatic N) is 3. The minimum absolute atomic E-state index is 0.265. The first-order valence-corrected chi connectivity index (χ1v) is 5.52. The molecule has 19 heavy (non-hydrogen) atoms. The van der Waals surface area contributed by atoms with Gasteiger partial charge in [-0.1, -0.05) is 0 Å². The van der Waals surface area contributed by atoms with Crippen molar-refractivity contribution < 1.29 is 9.90 Å². The van der Waals surface area contributed by atoms with Crippen LogP contribution < -0.4 is 11.2 Å². The highest BCUT2D eigenvalue weighted by atomic mass is 16.4. The van der Waals surface area contributed by atoms with Crippen LogP contribution in [0.3, 0.4) is 0 Å². The van der Waals surface area contributed by atoms with E-state index in [9.17, 15) is 14.4 Å². The third-order valence-electron chi connectivity index (χ3n) is 2.64. The van der Waals surface area contributed by atoms with Gasteiger partial charge in [0.2, 0.25) is 0 Å². The maximum absolute atomic E-state index is 11.5. The lowest BCUT2D eigenvalue weighted by Gasteiger charge is -2.04. The summed E-state index contributed by atoms with van der Waals surface area (Å²) in [6.07, 6.45) is 5.03. The van der Waals surface area contributed by atoms with E-state index in [0.717, 1.165) is 16.3 Å². The quantitative estimate of drug-likeness (QED) is 0.752. The van der Waals surface area contributed by atoms with Gasteiger partial charge in [-0.25, -0.2) is 9.59 Å². The fourth-order valence-corrected chi connectivity index (χ4v) is 1.68. The summed E-state index contributed by atoms with van der Waals surface area (Å²) in [5.41, 5.74) is -1.06. The van der Waals surface area contributed by atoms with E-state index >= 15 is 0 Å². The Morgan fingerprint density at radius 3 is 2.74 bits per heavy atom. The standard InChI is InChI=1S/C11H12N4O4/c1-14-5-7(4-12-14)2-3-15-6-8(10(17)18)9(16)13-11(15)19/h4-6H,2-3H2,1H3,(H,17,18)(H,13,16,19). The predicted octanol–water partition coefficient (Wildman–Crippen LogP) is -0.789. The van der Waals surface area contributed by atoms with Crippen LogP contribution in [0, 0.1) is 0 Å². The van der Waals surface area contributed by atoms with Crippen molar-refractivity contribution in [3.05, 3.63) is 50.6 Å². The summed E-state index contributed by atoms with van der Waals surface area (Å²) >= 11 is 0. The normalized spacial score (nSPS) is 10.6. The number of aryl methyl sites for hydroxylation is 3. The first kappa shape index (κ1) is 12.8. The molecule has 2 heterocycles. The third-order valence-corrected chi connectivity index (χ3v) is 2.64. The van der Waals surface area contributed by atoms with Crippen molar-refractivity contribution in [2.24, 2.45) is 7.05 Å². The molecule has 8 nitrogen and oxygen atoms in total. The van der Waals surface area contributed by atoms with Crippen molar-refractivity contribution in [2.75, 3.05) is 0 Å². The summed E-state index contributed by atoms with van der Waals surface area (Å²) in [7, 11) is 1.78. The van der Waals surface area contributed by atoms with Crippen LogP contribution in [-0.2, 0) is 20.0 Å². The van der Waals surface area contributed by atoms with Crippen LogP contribution in [0.5, 0.6) is 0 Å². The Morgan fingerprint density at radius 2 is 2.16 bits per heavy atom. The molecule has 8 heteroatoms. The molecule has 0 saturated carbocycles. The molecule has 0 saturated heterocycles. The van der Waals surface area contributed by atoms with Gasteiger partial charge in [0.05, 0.1) is 6.20 Å². The molecule has 2 rings (SSSR count). The average molecular weight is 264 g/mol. The van der Waals surface area contributed by atoms with Gasteiger partial charge in [0.15, 0.2) is 0 Å². The molecular weight excluding hydrogens is 252 g/mol. The van der Waals surface area contributed by atoms with Gasteiger partial charge in [0.25, 0.3) is 5.56 Å². The first-order valence-electron chi connectivity index (χ1n) is 5.52. The van der Waals surface area contributed by atoms with E-state index in [1.165, 1.54) is 0 Å². The summed E-state index contributed by atoms with van der Waals surface area (Å²) in [6.45, 7) is 0.265. The van der Waals surface area contributed by atoms with Gasteiger partial charge in [-0.05, 0) is 12.0 Å². The smallest absolute Gasteiger partial charge is 0.342 e. The van der Waals surface area contributed by atoms with Gasteiger partial charge in [0, 0.05) is 26.0 Å².